The minimum Gasteiger partial charge on any atom is -0.369 e. The van der Waals surface area contributed by atoms with Crippen LogP contribution in [0.15, 0.2) is 42.7 Å². The number of aromatic nitrogens is 3. The molecule has 1 atom stereocenters. The first-order valence-corrected chi connectivity index (χ1v) is 10.3. The van der Waals surface area contributed by atoms with E-state index in [1.165, 1.54) is 0 Å². The molecule has 0 saturated carbocycles. The first-order chi connectivity index (χ1) is 15.5. The molecule has 9 heteroatoms. The minimum absolute atomic E-state index is 0.137. The number of hydrogen-bond donors (Lipinski definition) is 4. The summed E-state index contributed by atoms with van der Waals surface area (Å²) in [5.41, 5.74) is 4.17. The molecule has 1 aliphatic heterocycles. The lowest BCUT2D eigenvalue weighted by Crippen LogP contribution is -2.17. The van der Waals surface area contributed by atoms with E-state index in [1.54, 1.807) is 31.6 Å². The van der Waals surface area contributed by atoms with E-state index < -0.39 is 0 Å². The van der Waals surface area contributed by atoms with Gasteiger partial charge in [-0.3, -0.25) is 4.79 Å². The Morgan fingerprint density at radius 2 is 2.06 bits per heavy atom. The maximum atomic E-state index is 11.9. The van der Waals surface area contributed by atoms with Gasteiger partial charge in [-0.05, 0) is 38.1 Å². The topological polar surface area (TPSA) is 128 Å². The second kappa shape index (κ2) is 8.89. The SMILES string of the molecule is CNC(=O)c1cccc(Nc2cnc3c(c2)C(c2nc(NC(C)C)ncc2C#N)CN3)c1. The van der Waals surface area contributed by atoms with Crippen LogP contribution in [-0.4, -0.2) is 40.5 Å². The number of amides is 1. The van der Waals surface area contributed by atoms with Crippen molar-refractivity contribution in [1.82, 2.24) is 20.3 Å². The van der Waals surface area contributed by atoms with Gasteiger partial charge < -0.3 is 21.3 Å². The fourth-order valence-corrected chi connectivity index (χ4v) is 3.64. The van der Waals surface area contributed by atoms with Gasteiger partial charge >= 0.3 is 0 Å². The molecular formula is C23H24N8O. The predicted molar refractivity (Wildman–Crippen MR) is 123 cm³/mol. The molecule has 3 aromatic rings. The Kier molecular flexibility index (Phi) is 5.85. The van der Waals surface area contributed by atoms with Crippen molar-refractivity contribution in [3.05, 3.63) is 65.1 Å². The van der Waals surface area contributed by atoms with Crippen LogP contribution in [0, 0.1) is 11.3 Å². The maximum absolute atomic E-state index is 11.9. The molecule has 1 aliphatic rings. The number of fused-ring (bicyclic) bond motifs is 1. The van der Waals surface area contributed by atoms with Crippen LogP contribution in [0.3, 0.4) is 0 Å². The van der Waals surface area contributed by atoms with Crippen molar-refractivity contribution in [3.8, 4) is 6.07 Å². The number of nitriles is 1. The first-order valence-electron chi connectivity index (χ1n) is 10.3. The summed E-state index contributed by atoms with van der Waals surface area (Å²) in [7, 11) is 1.60. The number of carbonyl (C=O) groups is 1. The average Bonchev–Trinajstić information content (AvgIpc) is 3.21. The Balaban J connectivity index is 1.65. The number of carbonyl (C=O) groups excluding carboxylic acids is 1. The van der Waals surface area contributed by atoms with Gasteiger partial charge in [0.15, 0.2) is 0 Å². The molecule has 1 amide bonds. The Labute approximate surface area is 186 Å². The van der Waals surface area contributed by atoms with Crippen LogP contribution in [0.1, 0.15) is 46.9 Å². The van der Waals surface area contributed by atoms with E-state index in [4.69, 9.17) is 0 Å². The fraction of sp³-hybridized carbons (Fsp3) is 0.261. The summed E-state index contributed by atoms with van der Waals surface area (Å²) in [6.45, 7) is 4.61. The third kappa shape index (κ3) is 4.30. The molecule has 3 heterocycles. The molecular weight excluding hydrogens is 404 g/mol. The van der Waals surface area contributed by atoms with E-state index in [2.05, 4.69) is 42.3 Å². The lowest BCUT2D eigenvalue weighted by molar-refractivity contribution is 0.0963. The third-order valence-electron chi connectivity index (χ3n) is 5.09. The molecule has 162 valence electrons. The predicted octanol–water partition coefficient (Wildman–Crippen LogP) is 3.22. The minimum atomic E-state index is -0.149. The van der Waals surface area contributed by atoms with Gasteiger partial charge in [0.1, 0.15) is 11.9 Å². The summed E-state index contributed by atoms with van der Waals surface area (Å²) in [6, 6.07) is 11.6. The Bertz CT molecular complexity index is 1200. The van der Waals surface area contributed by atoms with Crippen molar-refractivity contribution >= 4 is 29.0 Å². The van der Waals surface area contributed by atoms with Crippen molar-refractivity contribution in [2.75, 3.05) is 29.5 Å². The van der Waals surface area contributed by atoms with Crippen LogP contribution in [0.25, 0.3) is 0 Å². The summed E-state index contributed by atoms with van der Waals surface area (Å²) < 4.78 is 0. The van der Waals surface area contributed by atoms with E-state index >= 15 is 0 Å². The second-order valence-electron chi connectivity index (χ2n) is 7.78. The number of nitrogens with zero attached hydrogens (tertiary/aromatic N) is 4. The Morgan fingerprint density at radius 1 is 1.22 bits per heavy atom. The molecule has 0 fully saturated rings. The second-order valence-corrected chi connectivity index (χ2v) is 7.78. The van der Waals surface area contributed by atoms with Crippen LogP contribution >= 0.6 is 0 Å². The Hall–Kier alpha value is -4.19. The van der Waals surface area contributed by atoms with Crippen molar-refractivity contribution in [2.45, 2.75) is 25.8 Å². The molecule has 4 N–H and O–H groups in total. The lowest BCUT2D eigenvalue weighted by atomic mass is 9.96. The molecule has 0 aliphatic carbocycles. The van der Waals surface area contributed by atoms with Crippen LogP contribution in [0.2, 0.25) is 0 Å². The zero-order valence-electron chi connectivity index (χ0n) is 18.1. The van der Waals surface area contributed by atoms with E-state index in [1.807, 2.05) is 32.0 Å². The summed E-state index contributed by atoms with van der Waals surface area (Å²) in [6.07, 6.45) is 3.29. The van der Waals surface area contributed by atoms with Gasteiger partial charge in [-0.15, -0.1) is 0 Å². The van der Waals surface area contributed by atoms with Gasteiger partial charge in [-0.2, -0.15) is 5.26 Å². The summed E-state index contributed by atoms with van der Waals surface area (Å²) >= 11 is 0. The van der Waals surface area contributed by atoms with E-state index in [-0.39, 0.29) is 17.9 Å². The van der Waals surface area contributed by atoms with Crippen molar-refractivity contribution in [1.29, 1.82) is 5.26 Å². The highest BCUT2D eigenvalue weighted by atomic mass is 16.1. The molecule has 0 bridgehead atoms. The number of anilines is 4. The van der Waals surface area contributed by atoms with Crippen LogP contribution in [-0.2, 0) is 0 Å². The smallest absolute Gasteiger partial charge is 0.251 e. The summed E-state index contributed by atoms with van der Waals surface area (Å²) in [5.74, 6) is 0.974. The van der Waals surface area contributed by atoms with Crippen molar-refractivity contribution < 1.29 is 4.79 Å². The number of nitrogens with one attached hydrogen (secondary N) is 4. The van der Waals surface area contributed by atoms with Gasteiger partial charge in [0.05, 0.1) is 29.3 Å². The lowest BCUT2D eigenvalue weighted by Gasteiger charge is -2.15. The molecule has 0 saturated heterocycles. The highest BCUT2D eigenvalue weighted by Gasteiger charge is 2.29. The van der Waals surface area contributed by atoms with Crippen molar-refractivity contribution in [3.63, 3.8) is 0 Å². The number of hydrogen-bond acceptors (Lipinski definition) is 8. The van der Waals surface area contributed by atoms with Gasteiger partial charge in [0, 0.05) is 42.4 Å². The van der Waals surface area contributed by atoms with Gasteiger partial charge in [0.25, 0.3) is 5.91 Å². The quantitative estimate of drug-likeness (QED) is 0.471. The molecule has 32 heavy (non-hydrogen) atoms. The highest BCUT2D eigenvalue weighted by Crippen LogP contribution is 2.37. The van der Waals surface area contributed by atoms with Crippen LogP contribution in [0.5, 0.6) is 0 Å². The van der Waals surface area contributed by atoms with Gasteiger partial charge in [0.2, 0.25) is 5.95 Å². The molecule has 1 unspecified atom stereocenters. The molecule has 0 radical (unpaired) electrons. The zero-order valence-corrected chi connectivity index (χ0v) is 18.1. The summed E-state index contributed by atoms with van der Waals surface area (Å²) in [5, 5.41) is 22.0. The standard InChI is InChI=1S/C23H24N8O/c1-13(2)29-23-28-10-15(9-24)20(31-23)19-12-27-21-18(19)8-17(11-26-21)30-16-6-4-5-14(7-16)22(32)25-3/h4-8,10-11,13,19,30H,12H2,1-3H3,(H,25,32)(H,26,27)(H,28,29,31). The number of benzene rings is 1. The third-order valence-corrected chi connectivity index (χ3v) is 5.09. The number of pyridine rings is 1. The van der Waals surface area contributed by atoms with Crippen molar-refractivity contribution in [2.24, 2.45) is 0 Å². The van der Waals surface area contributed by atoms with Crippen LogP contribution < -0.4 is 21.3 Å². The molecule has 2 aromatic heterocycles. The van der Waals surface area contributed by atoms with Gasteiger partial charge in [-0.25, -0.2) is 15.0 Å². The molecule has 1 aromatic carbocycles. The largest absolute Gasteiger partial charge is 0.369 e. The fourth-order valence-electron chi connectivity index (χ4n) is 3.64. The highest BCUT2D eigenvalue weighted by molar-refractivity contribution is 5.95. The van der Waals surface area contributed by atoms with E-state index in [0.717, 1.165) is 22.8 Å². The maximum Gasteiger partial charge on any atom is 0.251 e. The molecule has 4 rings (SSSR count). The average molecular weight is 429 g/mol. The first kappa shape index (κ1) is 21.1. The monoisotopic (exact) mass is 428 g/mol. The van der Waals surface area contributed by atoms with Crippen LogP contribution in [0.4, 0.5) is 23.1 Å². The Morgan fingerprint density at radius 3 is 2.81 bits per heavy atom. The van der Waals surface area contributed by atoms with E-state index in [9.17, 15) is 10.1 Å². The number of rotatable bonds is 6. The molecule has 9 nitrogen and oxygen atoms in total. The normalized spacial score (nSPS) is 14.3. The van der Waals surface area contributed by atoms with Gasteiger partial charge in [-0.1, -0.05) is 6.07 Å². The summed E-state index contributed by atoms with van der Waals surface area (Å²) in [4.78, 5) is 25.4. The van der Waals surface area contributed by atoms with E-state index in [0.29, 0.717) is 29.3 Å². The molecule has 0 spiro atoms. The zero-order chi connectivity index (χ0) is 22.7.